The van der Waals surface area contributed by atoms with Gasteiger partial charge in [0, 0.05) is 25.7 Å². The maximum absolute atomic E-state index is 13.1. The Kier molecular flexibility index (Phi) is 67.7. The molecule has 0 rings (SSSR count). The summed E-state index contributed by atoms with van der Waals surface area (Å²) in [6.07, 6.45) is 58.1. The number of phosphoric ester groups is 2. The molecular formula is C76H148O17P2. The number of rotatable bonds is 76. The van der Waals surface area contributed by atoms with Crippen LogP contribution in [0.25, 0.3) is 0 Å². The second-order valence-electron chi connectivity index (χ2n) is 27.9. The van der Waals surface area contributed by atoms with Crippen molar-refractivity contribution in [2.24, 2.45) is 5.92 Å². The molecule has 0 aromatic carbocycles. The number of phosphoric acid groups is 2. The highest BCUT2D eigenvalue weighted by Crippen LogP contribution is 2.45. The number of carbonyl (C=O) groups excluding carboxylic acids is 4. The van der Waals surface area contributed by atoms with Gasteiger partial charge in [-0.05, 0) is 31.6 Å². The first-order chi connectivity index (χ1) is 46.0. The van der Waals surface area contributed by atoms with Gasteiger partial charge in [0.05, 0.1) is 26.4 Å². The first kappa shape index (κ1) is 93.1. The lowest BCUT2D eigenvalue weighted by molar-refractivity contribution is -0.161. The number of esters is 4. The van der Waals surface area contributed by atoms with Crippen LogP contribution in [0.3, 0.4) is 0 Å². The van der Waals surface area contributed by atoms with E-state index in [2.05, 4.69) is 34.6 Å². The van der Waals surface area contributed by atoms with E-state index in [4.69, 9.17) is 37.0 Å². The molecular weight excluding hydrogens is 1250 g/mol. The number of hydrogen-bond acceptors (Lipinski definition) is 15. The number of hydrogen-bond donors (Lipinski definition) is 3. The summed E-state index contributed by atoms with van der Waals surface area (Å²) in [6.45, 7) is 7.32. The lowest BCUT2D eigenvalue weighted by atomic mass is 10.0. The minimum Gasteiger partial charge on any atom is -0.462 e. The van der Waals surface area contributed by atoms with Crippen molar-refractivity contribution < 1.29 is 80.2 Å². The van der Waals surface area contributed by atoms with Gasteiger partial charge in [0.25, 0.3) is 0 Å². The molecule has 17 nitrogen and oxygen atoms in total. The minimum absolute atomic E-state index is 0.107. The van der Waals surface area contributed by atoms with Gasteiger partial charge in [-0.15, -0.1) is 0 Å². The van der Waals surface area contributed by atoms with Crippen LogP contribution in [0.15, 0.2) is 0 Å². The third kappa shape index (κ3) is 70.3. The van der Waals surface area contributed by atoms with Crippen LogP contribution in [0, 0.1) is 5.92 Å². The third-order valence-electron chi connectivity index (χ3n) is 17.8. The summed E-state index contributed by atoms with van der Waals surface area (Å²) in [5.41, 5.74) is 0. The zero-order valence-electron chi connectivity index (χ0n) is 61.8. The summed E-state index contributed by atoms with van der Waals surface area (Å²) in [4.78, 5) is 72.8. The Morgan fingerprint density at radius 1 is 0.284 bits per heavy atom. The highest BCUT2D eigenvalue weighted by Gasteiger charge is 2.30. The van der Waals surface area contributed by atoms with E-state index in [0.717, 1.165) is 95.8 Å². The molecule has 3 N–H and O–H groups in total. The molecule has 0 radical (unpaired) electrons. The van der Waals surface area contributed by atoms with Crippen molar-refractivity contribution in [1.82, 2.24) is 0 Å². The van der Waals surface area contributed by atoms with Gasteiger partial charge in [-0.25, -0.2) is 9.13 Å². The Morgan fingerprint density at radius 2 is 0.484 bits per heavy atom. The standard InChI is InChI=1S/C76H148O17P2/c1-6-9-12-15-18-21-24-25-28-32-36-40-45-50-55-60-74(79)87-66-72(93-76(81)62-57-52-47-42-37-33-30-27-26-29-31-35-38-43-48-53-58-69(4)5)68-91-95(84,85)89-64-70(77)63-88-94(82,83)90-67-71(65-86-73(78)59-54-49-44-39-23-20-17-14-11-8-3)92-75(80)61-56-51-46-41-34-22-19-16-13-10-7-2/h69-72,77H,6-68H2,1-5H3,(H,82,83)(H,84,85)/t70-,71+,72+/m0/s1. The van der Waals surface area contributed by atoms with E-state index in [1.54, 1.807) is 0 Å². The van der Waals surface area contributed by atoms with E-state index in [-0.39, 0.29) is 25.7 Å². The van der Waals surface area contributed by atoms with Crippen LogP contribution >= 0.6 is 15.6 Å². The molecule has 5 atom stereocenters. The van der Waals surface area contributed by atoms with Crippen LogP contribution in [0.2, 0.25) is 0 Å². The molecule has 0 fully saturated rings. The number of unbranched alkanes of at least 4 members (excludes halogenated alkanes) is 48. The third-order valence-corrected chi connectivity index (χ3v) is 19.7. The lowest BCUT2D eigenvalue weighted by Gasteiger charge is -2.21. The molecule has 0 heterocycles. The predicted molar refractivity (Wildman–Crippen MR) is 386 cm³/mol. The number of carbonyl (C=O) groups is 4. The fraction of sp³-hybridized carbons (Fsp3) is 0.947. The van der Waals surface area contributed by atoms with E-state index in [1.165, 1.54) is 225 Å². The normalized spacial score (nSPS) is 13.9. The monoisotopic (exact) mass is 1400 g/mol. The Bertz CT molecular complexity index is 1820. The van der Waals surface area contributed by atoms with Crippen LogP contribution in [-0.2, 0) is 65.4 Å². The van der Waals surface area contributed by atoms with E-state index in [1.807, 2.05) is 0 Å². The van der Waals surface area contributed by atoms with Crippen molar-refractivity contribution in [3.8, 4) is 0 Å². The summed E-state index contributed by atoms with van der Waals surface area (Å²) in [6, 6.07) is 0. The molecule has 19 heteroatoms. The van der Waals surface area contributed by atoms with Crippen molar-refractivity contribution in [2.75, 3.05) is 39.6 Å². The largest absolute Gasteiger partial charge is 0.472 e. The van der Waals surface area contributed by atoms with E-state index >= 15 is 0 Å². The van der Waals surface area contributed by atoms with Crippen LogP contribution in [0.1, 0.15) is 401 Å². The highest BCUT2D eigenvalue weighted by molar-refractivity contribution is 7.47. The average molecular weight is 1400 g/mol. The van der Waals surface area contributed by atoms with Crippen molar-refractivity contribution in [3.63, 3.8) is 0 Å². The van der Waals surface area contributed by atoms with Crippen LogP contribution in [0.5, 0.6) is 0 Å². The molecule has 0 saturated carbocycles. The van der Waals surface area contributed by atoms with Gasteiger partial charge in [0.1, 0.15) is 19.3 Å². The van der Waals surface area contributed by atoms with E-state index in [9.17, 15) is 43.2 Å². The van der Waals surface area contributed by atoms with Gasteiger partial charge >= 0.3 is 39.5 Å². The second kappa shape index (κ2) is 69.2. The van der Waals surface area contributed by atoms with Gasteiger partial charge in [-0.2, -0.15) is 0 Å². The first-order valence-electron chi connectivity index (χ1n) is 39.6. The van der Waals surface area contributed by atoms with Crippen LogP contribution < -0.4 is 0 Å². The smallest absolute Gasteiger partial charge is 0.462 e. The maximum Gasteiger partial charge on any atom is 0.472 e. The van der Waals surface area contributed by atoms with Crippen molar-refractivity contribution in [1.29, 1.82) is 0 Å². The van der Waals surface area contributed by atoms with Gasteiger partial charge in [-0.1, -0.05) is 349 Å². The molecule has 0 aromatic rings. The molecule has 2 unspecified atom stereocenters. The Hall–Kier alpha value is -1.94. The van der Waals surface area contributed by atoms with Crippen molar-refractivity contribution in [3.05, 3.63) is 0 Å². The molecule has 0 spiro atoms. The van der Waals surface area contributed by atoms with Gasteiger partial charge < -0.3 is 33.8 Å². The summed E-state index contributed by atoms with van der Waals surface area (Å²) in [5.74, 6) is -1.30. The summed E-state index contributed by atoms with van der Waals surface area (Å²) in [7, 11) is -9.91. The quantitative estimate of drug-likeness (QED) is 0.0222. The first-order valence-corrected chi connectivity index (χ1v) is 42.6. The van der Waals surface area contributed by atoms with Crippen LogP contribution in [-0.4, -0.2) is 96.7 Å². The second-order valence-corrected chi connectivity index (χ2v) is 30.8. The molecule has 0 bridgehead atoms. The highest BCUT2D eigenvalue weighted by atomic mass is 31.2. The molecule has 95 heavy (non-hydrogen) atoms. The Labute approximate surface area is 581 Å². The molecule has 0 aliphatic heterocycles. The van der Waals surface area contributed by atoms with Crippen molar-refractivity contribution >= 4 is 39.5 Å². The molecule has 0 saturated heterocycles. The minimum atomic E-state index is -4.96. The molecule has 0 aromatic heterocycles. The van der Waals surface area contributed by atoms with Crippen LogP contribution in [0.4, 0.5) is 0 Å². The molecule has 0 aliphatic rings. The van der Waals surface area contributed by atoms with Gasteiger partial charge in [-0.3, -0.25) is 37.3 Å². The van der Waals surface area contributed by atoms with E-state index in [0.29, 0.717) is 25.7 Å². The Balaban J connectivity index is 5.22. The molecule has 0 amide bonds. The van der Waals surface area contributed by atoms with Gasteiger partial charge in [0.2, 0.25) is 0 Å². The van der Waals surface area contributed by atoms with E-state index < -0.39 is 97.5 Å². The number of aliphatic hydroxyl groups is 1. The average Bonchev–Trinajstić information content (AvgIpc) is 3.54. The predicted octanol–water partition coefficient (Wildman–Crippen LogP) is 22.5. The molecule has 0 aliphatic carbocycles. The lowest BCUT2D eigenvalue weighted by Crippen LogP contribution is -2.30. The maximum atomic E-state index is 13.1. The molecule has 564 valence electrons. The fourth-order valence-corrected chi connectivity index (χ4v) is 13.3. The Morgan fingerprint density at radius 3 is 0.716 bits per heavy atom. The van der Waals surface area contributed by atoms with Gasteiger partial charge in [0.15, 0.2) is 12.2 Å². The SMILES string of the molecule is CCCCCCCCCCCCCCCCCC(=O)OC[C@H](COP(=O)(O)OC[C@@H](O)COP(=O)(O)OC[C@@H](COC(=O)CCCCCCCCCCCC)OC(=O)CCCCCCCCCCCCC)OC(=O)CCCCCCCCCCCCCCCCCCC(C)C. The topological polar surface area (TPSA) is 237 Å². The summed E-state index contributed by atoms with van der Waals surface area (Å²) < 4.78 is 68.5. The fourth-order valence-electron chi connectivity index (χ4n) is 11.7. The van der Waals surface area contributed by atoms with Crippen molar-refractivity contribution in [2.45, 2.75) is 419 Å². The summed E-state index contributed by atoms with van der Waals surface area (Å²) >= 11 is 0. The summed E-state index contributed by atoms with van der Waals surface area (Å²) in [5, 5.41) is 10.6. The number of aliphatic hydroxyl groups excluding tert-OH is 1. The zero-order valence-corrected chi connectivity index (χ0v) is 63.6. The zero-order chi connectivity index (χ0) is 69.8. The number of ether oxygens (including phenoxy) is 4.